The molecule has 0 bridgehead atoms. The van der Waals surface area contributed by atoms with Crippen molar-refractivity contribution in [2.45, 2.75) is 38.8 Å². The summed E-state index contributed by atoms with van der Waals surface area (Å²) in [4.78, 5) is 17.2. The van der Waals surface area contributed by atoms with Gasteiger partial charge in [0.15, 0.2) is 0 Å². The van der Waals surface area contributed by atoms with E-state index in [9.17, 15) is 4.79 Å². The molecule has 6 nitrogen and oxygen atoms in total. The molecule has 22 heavy (non-hydrogen) atoms. The van der Waals surface area contributed by atoms with E-state index < -0.39 is 0 Å². The molecule has 0 spiro atoms. The van der Waals surface area contributed by atoms with Gasteiger partial charge in [-0.25, -0.2) is 0 Å². The van der Waals surface area contributed by atoms with Crippen LogP contribution in [0.5, 0.6) is 0 Å². The van der Waals surface area contributed by atoms with E-state index in [-0.39, 0.29) is 5.91 Å². The maximum atomic E-state index is 12.9. The molecule has 0 N–H and O–H groups in total. The predicted molar refractivity (Wildman–Crippen MR) is 85.9 cm³/mol. The van der Waals surface area contributed by atoms with Gasteiger partial charge in [0, 0.05) is 39.0 Å². The molecule has 1 amide bonds. The maximum Gasteiger partial charge on any atom is 0.257 e. The summed E-state index contributed by atoms with van der Waals surface area (Å²) < 4.78 is 6.94. The molecule has 0 aliphatic carbocycles. The minimum absolute atomic E-state index is 0.102. The summed E-state index contributed by atoms with van der Waals surface area (Å²) >= 11 is 0. The van der Waals surface area contributed by atoms with Gasteiger partial charge in [0.05, 0.1) is 11.8 Å². The highest BCUT2D eigenvalue weighted by Crippen LogP contribution is 2.18. The molecule has 1 aliphatic heterocycles. The molecule has 2 rings (SSSR count). The number of carbonyl (C=O) groups is 1. The van der Waals surface area contributed by atoms with E-state index in [0.29, 0.717) is 18.2 Å². The summed E-state index contributed by atoms with van der Waals surface area (Å²) in [6, 6.07) is 0.325. The lowest BCUT2D eigenvalue weighted by Gasteiger charge is -2.37. The summed E-state index contributed by atoms with van der Waals surface area (Å²) in [5.74, 6) is 0.102. The molecule has 1 aliphatic rings. The molecule has 1 aromatic rings. The molecule has 1 fully saturated rings. The van der Waals surface area contributed by atoms with Crippen molar-refractivity contribution in [2.24, 2.45) is 0 Å². The third kappa shape index (κ3) is 4.30. The largest absolute Gasteiger partial charge is 0.385 e. The number of nitrogens with zero attached hydrogens (tertiary/aromatic N) is 4. The van der Waals surface area contributed by atoms with E-state index in [4.69, 9.17) is 4.74 Å². The first-order chi connectivity index (χ1) is 10.7. The van der Waals surface area contributed by atoms with Crippen LogP contribution in [0.4, 0.5) is 0 Å². The Morgan fingerprint density at radius 3 is 2.77 bits per heavy atom. The highest BCUT2D eigenvalue weighted by atomic mass is 16.5. The topological polar surface area (TPSA) is 50.6 Å². The van der Waals surface area contributed by atoms with Crippen LogP contribution in [0.3, 0.4) is 0 Å². The van der Waals surface area contributed by atoms with Crippen molar-refractivity contribution >= 4 is 5.91 Å². The third-order valence-corrected chi connectivity index (χ3v) is 4.34. The van der Waals surface area contributed by atoms with Crippen LogP contribution in [0, 0.1) is 0 Å². The van der Waals surface area contributed by atoms with Crippen LogP contribution in [-0.2, 0) is 11.3 Å². The number of hydrogen-bond donors (Lipinski definition) is 0. The normalized spacial score (nSPS) is 16.9. The first-order valence-corrected chi connectivity index (χ1v) is 8.16. The minimum atomic E-state index is 0.102. The van der Waals surface area contributed by atoms with Gasteiger partial charge in [0.1, 0.15) is 0 Å². The Morgan fingerprint density at radius 1 is 1.45 bits per heavy atom. The number of piperidine rings is 1. The first-order valence-electron chi connectivity index (χ1n) is 8.16. The van der Waals surface area contributed by atoms with Gasteiger partial charge in [-0.2, -0.15) is 5.10 Å². The van der Waals surface area contributed by atoms with E-state index in [1.165, 1.54) is 0 Å². The number of amides is 1. The van der Waals surface area contributed by atoms with Crippen molar-refractivity contribution in [1.82, 2.24) is 19.6 Å². The Labute approximate surface area is 133 Å². The number of hydrogen-bond acceptors (Lipinski definition) is 4. The fourth-order valence-electron chi connectivity index (χ4n) is 2.95. The smallest absolute Gasteiger partial charge is 0.257 e. The van der Waals surface area contributed by atoms with Crippen LogP contribution in [-0.4, -0.2) is 71.9 Å². The highest BCUT2D eigenvalue weighted by molar-refractivity contribution is 5.94. The second kappa shape index (κ2) is 8.29. The Hall–Kier alpha value is -1.40. The second-order valence-electron chi connectivity index (χ2n) is 5.96. The molecule has 0 aromatic carbocycles. The summed E-state index contributed by atoms with van der Waals surface area (Å²) in [7, 11) is 3.84. The minimum Gasteiger partial charge on any atom is -0.385 e. The van der Waals surface area contributed by atoms with Gasteiger partial charge in [-0.1, -0.05) is 0 Å². The molecular formula is C16H28N4O2. The Morgan fingerprint density at radius 2 is 2.18 bits per heavy atom. The van der Waals surface area contributed by atoms with Crippen LogP contribution >= 0.6 is 0 Å². The van der Waals surface area contributed by atoms with Crippen LogP contribution in [0.1, 0.15) is 36.5 Å². The van der Waals surface area contributed by atoms with Crippen LogP contribution < -0.4 is 0 Å². The molecular weight excluding hydrogens is 280 g/mol. The molecule has 6 heteroatoms. The van der Waals surface area contributed by atoms with Gasteiger partial charge in [-0.05, 0) is 46.3 Å². The molecule has 0 radical (unpaired) electrons. The van der Waals surface area contributed by atoms with Gasteiger partial charge >= 0.3 is 0 Å². The number of rotatable bonds is 7. The number of carbonyl (C=O) groups excluding carboxylic acids is 1. The molecule has 124 valence electrons. The number of aryl methyl sites for hydroxylation is 1. The van der Waals surface area contributed by atoms with Crippen molar-refractivity contribution in [3.63, 3.8) is 0 Å². The number of aromatic nitrogens is 2. The fourth-order valence-corrected chi connectivity index (χ4v) is 2.95. The lowest BCUT2D eigenvalue weighted by molar-refractivity contribution is 0.0564. The van der Waals surface area contributed by atoms with E-state index in [1.54, 1.807) is 18.0 Å². The Bertz CT molecular complexity index is 466. The number of ether oxygens (including phenoxy) is 1. The van der Waals surface area contributed by atoms with Gasteiger partial charge in [-0.15, -0.1) is 0 Å². The van der Waals surface area contributed by atoms with Crippen LogP contribution in [0.2, 0.25) is 0 Å². The summed E-state index contributed by atoms with van der Waals surface area (Å²) in [5.41, 5.74) is 0.693. The zero-order valence-corrected chi connectivity index (χ0v) is 14.0. The van der Waals surface area contributed by atoms with Gasteiger partial charge in [0.2, 0.25) is 0 Å². The van der Waals surface area contributed by atoms with E-state index in [1.807, 2.05) is 18.0 Å². The van der Waals surface area contributed by atoms with E-state index in [0.717, 1.165) is 45.4 Å². The lowest BCUT2D eigenvalue weighted by atomic mass is 10.0. The van der Waals surface area contributed by atoms with Gasteiger partial charge in [0.25, 0.3) is 5.91 Å². The molecule has 1 saturated heterocycles. The quantitative estimate of drug-likeness (QED) is 0.716. The van der Waals surface area contributed by atoms with Gasteiger partial charge < -0.3 is 14.5 Å². The SMILES string of the molecule is CCn1cc(C(=O)N(CCCOC)C2CCN(C)CC2)cn1. The lowest BCUT2D eigenvalue weighted by Crippen LogP contribution is -2.47. The van der Waals surface area contributed by atoms with Crippen molar-refractivity contribution in [1.29, 1.82) is 0 Å². The Kier molecular flexibility index (Phi) is 6.39. The highest BCUT2D eigenvalue weighted by Gasteiger charge is 2.27. The molecule has 0 unspecified atom stereocenters. The zero-order chi connectivity index (χ0) is 15.9. The van der Waals surface area contributed by atoms with Crippen molar-refractivity contribution < 1.29 is 9.53 Å². The van der Waals surface area contributed by atoms with E-state index in [2.05, 4.69) is 17.0 Å². The van der Waals surface area contributed by atoms with Crippen molar-refractivity contribution in [3.8, 4) is 0 Å². The maximum absolute atomic E-state index is 12.9. The number of methoxy groups -OCH3 is 1. The van der Waals surface area contributed by atoms with Crippen molar-refractivity contribution in [3.05, 3.63) is 18.0 Å². The van der Waals surface area contributed by atoms with Crippen LogP contribution in [0.15, 0.2) is 12.4 Å². The molecule has 1 aromatic heterocycles. The molecule has 0 saturated carbocycles. The van der Waals surface area contributed by atoms with Crippen LogP contribution in [0.25, 0.3) is 0 Å². The van der Waals surface area contributed by atoms with E-state index >= 15 is 0 Å². The first kappa shape index (κ1) is 17.0. The summed E-state index contributed by atoms with van der Waals surface area (Å²) in [6.07, 6.45) is 6.48. The predicted octanol–water partition coefficient (Wildman–Crippen LogP) is 1.48. The van der Waals surface area contributed by atoms with Crippen molar-refractivity contribution in [2.75, 3.05) is 40.4 Å². The van der Waals surface area contributed by atoms with Gasteiger partial charge in [-0.3, -0.25) is 9.48 Å². The monoisotopic (exact) mass is 308 g/mol. The standard InChI is InChI=1S/C16H28N4O2/c1-4-19-13-14(12-17-19)16(21)20(8-5-11-22-3)15-6-9-18(2)10-7-15/h12-13,15H,4-11H2,1-3H3. The third-order valence-electron chi connectivity index (χ3n) is 4.34. The Balaban J connectivity index is 2.06. The average Bonchev–Trinajstić information content (AvgIpc) is 3.01. The fraction of sp³-hybridized carbons (Fsp3) is 0.750. The summed E-state index contributed by atoms with van der Waals surface area (Å²) in [6.45, 7) is 6.34. The second-order valence-corrected chi connectivity index (χ2v) is 5.96. The average molecular weight is 308 g/mol. The number of likely N-dealkylation sites (tertiary alicyclic amines) is 1. The molecule has 2 heterocycles. The summed E-state index contributed by atoms with van der Waals surface area (Å²) in [5, 5.41) is 4.23. The molecule has 0 atom stereocenters. The zero-order valence-electron chi connectivity index (χ0n) is 14.0.